The second kappa shape index (κ2) is 8.49. The molecule has 2 aromatic rings. The van der Waals surface area contributed by atoms with Crippen molar-refractivity contribution in [3.63, 3.8) is 0 Å². The van der Waals surface area contributed by atoms with E-state index in [4.69, 9.17) is 4.74 Å². The normalized spacial score (nSPS) is 11.5. The summed E-state index contributed by atoms with van der Waals surface area (Å²) in [6.45, 7) is 1.83. The third-order valence-corrected chi connectivity index (χ3v) is 3.99. The van der Waals surface area contributed by atoms with Gasteiger partial charge >= 0.3 is 0 Å². The van der Waals surface area contributed by atoms with E-state index in [0.29, 0.717) is 11.3 Å². The molecule has 0 spiro atoms. The summed E-state index contributed by atoms with van der Waals surface area (Å²) >= 11 is 3.38. The average Bonchev–Trinajstić information content (AvgIpc) is 2.60. The zero-order chi connectivity index (χ0) is 17.5. The van der Waals surface area contributed by atoms with Gasteiger partial charge in [-0.25, -0.2) is 0 Å². The molecular formula is C18H19BrN2O3. The number of nitrogens with one attached hydrogen (secondary N) is 2. The standard InChI is InChI=1S/C18H19BrN2O3/c1-12(13-3-7-15(19)8-4-13)21-17(22)11-24-16-9-5-14(6-10-16)18(23)20-2/h3-10,12H,11H2,1-2H3,(H,20,23)(H,21,22). The minimum Gasteiger partial charge on any atom is -0.484 e. The maximum atomic E-state index is 12.0. The molecule has 0 aliphatic carbocycles. The lowest BCUT2D eigenvalue weighted by Crippen LogP contribution is -2.31. The van der Waals surface area contributed by atoms with Crippen LogP contribution < -0.4 is 15.4 Å². The molecule has 0 aliphatic heterocycles. The van der Waals surface area contributed by atoms with Gasteiger partial charge in [-0.1, -0.05) is 28.1 Å². The van der Waals surface area contributed by atoms with Crippen molar-refractivity contribution < 1.29 is 14.3 Å². The smallest absolute Gasteiger partial charge is 0.258 e. The zero-order valence-corrected chi connectivity index (χ0v) is 15.1. The molecule has 0 radical (unpaired) electrons. The van der Waals surface area contributed by atoms with Crippen LogP contribution in [0.25, 0.3) is 0 Å². The van der Waals surface area contributed by atoms with Crippen molar-refractivity contribution in [2.45, 2.75) is 13.0 Å². The summed E-state index contributed by atoms with van der Waals surface area (Å²) in [4.78, 5) is 23.4. The lowest BCUT2D eigenvalue weighted by Gasteiger charge is -2.15. The molecule has 0 aromatic heterocycles. The second-order valence-electron chi connectivity index (χ2n) is 5.23. The lowest BCUT2D eigenvalue weighted by molar-refractivity contribution is -0.123. The third kappa shape index (κ3) is 5.09. The van der Waals surface area contributed by atoms with Crippen LogP contribution in [0.4, 0.5) is 0 Å². The van der Waals surface area contributed by atoms with E-state index in [0.717, 1.165) is 10.0 Å². The molecule has 0 saturated heterocycles. The van der Waals surface area contributed by atoms with E-state index in [1.54, 1.807) is 31.3 Å². The molecule has 24 heavy (non-hydrogen) atoms. The summed E-state index contributed by atoms with van der Waals surface area (Å²) in [5, 5.41) is 5.43. The molecule has 0 fully saturated rings. The minimum absolute atomic E-state index is 0.0831. The highest BCUT2D eigenvalue weighted by Crippen LogP contribution is 2.16. The summed E-state index contributed by atoms with van der Waals surface area (Å²) < 4.78 is 6.43. The fourth-order valence-electron chi connectivity index (χ4n) is 2.11. The number of halogens is 1. The van der Waals surface area contributed by atoms with E-state index in [2.05, 4.69) is 26.6 Å². The first-order valence-electron chi connectivity index (χ1n) is 7.49. The molecule has 1 unspecified atom stereocenters. The van der Waals surface area contributed by atoms with Crippen LogP contribution in [-0.4, -0.2) is 25.5 Å². The summed E-state index contributed by atoms with van der Waals surface area (Å²) in [6.07, 6.45) is 0. The van der Waals surface area contributed by atoms with Gasteiger partial charge in [0.2, 0.25) is 0 Å². The summed E-state index contributed by atoms with van der Waals surface area (Å²) in [6, 6.07) is 14.3. The van der Waals surface area contributed by atoms with E-state index in [1.165, 1.54) is 0 Å². The fourth-order valence-corrected chi connectivity index (χ4v) is 2.38. The first-order valence-corrected chi connectivity index (χ1v) is 8.28. The SMILES string of the molecule is CNC(=O)c1ccc(OCC(=O)NC(C)c2ccc(Br)cc2)cc1. The first-order chi connectivity index (χ1) is 11.5. The predicted octanol–water partition coefficient (Wildman–Crippen LogP) is 3.06. The number of rotatable bonds is 6. The van der Waals surface area contributed by atoms with Gasteiger partial charge in [0, 0.05) is 17.1 Å². The molecule has 0 bridgehead atoms. The molecule has 1 atom stereocenters. The summed E-state index contributed by atoms with van der Waals surface area (Å²) in [5.41, 5.74) is 1.56. The Bertz CT molecular complexity index is 699. The maximum Gasteiger partial charge on any atom is 0.258 e. The summed E-state index contributed by atoms with van der Waals surface area (Å²) in [7, 11) is 1.57. The number of carbonyl (C=O) groups is 2. The lowest BCUT2D eigenvalue weighted by atomic mass is 10.1. The predicted molar refractivity (Wildman–Crippen MR) is 96.0 cm³/mol. The number of ether oxygens (including phenoxy) is 1. The van der Waals surface area contributed by atoms with Gasteiger partial charge in [0.05, 0.1) is 6.04 Å². The zero-order valence-electron chi connectivity index (χ0n) is 13.5. The Hall–Kier alpha value is -2.34. The highest BCUT2D eigenvalue weighted by molar-refractivity contribution is 9.10. The van der Waals surface area contributed by atoms with Crippen molar-refractivity contribution in [2.75, 3.05) is 13.7 Å². The Morgan fingerprint density at radius 1 is 1.08 bits per heavy atom. The Morgan fingerprint density at radius 2 is 1.71 bits per heavy atom. The number of carbonyl (C=O) groups excluding carboxylic acids is 2. The Morgan fingerprint density at radius 3 is 2.29 bits per heavy atom. The monoisotopic (exact) mass is 390 g/mol. The molecule has 0 aliphatic rings. The van der Waals surface area contributed by atoms with E-state index in [-0.39, 0.29) is 24.5 Å². The molecule has 0 saturated carbocycles. The van der Waals surface area contributed by atoms with Crippen LogP contribution in [-0.2, 0) is 4.79 Å². The highest BCUT2D eigenvalue weighted by atomic mass is 79.9. The molecule has 6 heteroatoms. The maximum absolute atomic E-state index is 12.0. The molecule has 2 aromatic carbocycles. The van der Waals surface area contributed by atoms with Crippen LogP contribution in [0, 0.1) is 0 Å². The van der Waals surface area contributed by atoms with E-state index in [9.17, 15) is 9.59 Å². The van der Waals surface area contributed by atoms with Gasteiger partial charge in [-0.05, 0) is 48.9 Å². The van der Waals surface area contributed by atoms with Crippen LogP contribution in [0.1, 0.15) is 28.9 Å². The van der Waals surface area contributed by atoms with Crippen LogP contribution in [0.2, 0.25) is 0 Å². The van der Waals surface area contributed by atoms with Crippen molar-refractivity contribution >= 4 is 27.7 Å². The molecule has 2 amide bonds. The van der Waals surface area contributed by atoms with Gasteiger partial charge in [-0.2, -0.15) is 0 Å². The van der Waals surface area contributed by atoms with Gasteiger partial charge in [0.15, 0.2) is 6.61 Å². The molecule has 5 nitrogen and oxygen atoms in total. The number of hydrogen-bond acceptors (Lipinski definition) is 3. The van der Waals surface area contributed by atoms with Crippen LogP contribution in [0.3, 0.4) is 0 Å². The number of benzene rings is 2. The average molecular weight is 391 g/mol. The van der Waals surface area contributed by atoms with Crippen LogP contribution >= 0.6 is 15.9 Å². The van der Waals surface area contributed by atoms with Gasteiger partial charge in [-0.3, -0.25) is 9.59 Å². The number of hydrogen-bond donors (Lipinski definition) is 2. The minimum atomic E-state index is -0.208. The third-order valence-electron chi connectivity index (χ3n) is 3.46. The van der Waals surface area contributed by atoms with Crippen molar-refractivity contribution in [1.82, 2.24) is 10.6 Å². The van der Waals surface area contributed by atoms with Crippen molar-refractivity contribution in [3.8, 4) is 5.75 Å². The topological polar surface area (TPSA) is 67.4 Å². The van der Waals surface area contributed by atoms with Crippen molar-refractivity contribution in [1.29, 1.82) is 0 Å². The molecule has 2 N–H and O–H groups in total. The van der Waals surface area contributed by atoms with Gasteiger partial charge in [0.1, 0.15) is 5.75 Å². The Labute approximate surface area is 149 Å². The largest absolute Gasteiger partial charge is 0.484 e. The molecule has 0 heterocycles. The van der Waals surface area contributed by atoms with E-state index in [1.807, 2.05) is 31.2 Å². The van der Waals surface area contributed by atoms with Gasteiger partial charge in [-0.15, -0.1) is 0 Å². The van der Waals surface area contributed by atoms with E-state index >= 15 is 0 Å². The van der Waals surface area contributed by atoms with Gasteiger partial charge < -0.3 is 15.4 Å². The number of amides is 2. The van der Waals surface area contributed by atoms with Crippen LogP contribution in [0.5, 0.6) is 5.75 Å². The van der Waals surface area contributed by atoms with Crippen molar-refractivity contribution in [3.05, 3.63) is 64.1 Å². The van der Waals surface area contributed by atoms with Gasteiger partial charge in [0.25, 0.3) is 11.8 Å². The summed E-state index contributed by atoms with van der Waals surface area (Å²) in [5.74, 6) is 0.164. The second-order valence-corrected chi connectivity index (χ2v) is 6.15. The van der Waals surface area contributed by atoms with Crippen molar-refractivity contribution in [2.24, 2.45) is 0 Å². The molecular weight excluding hydrogens is 372 g/mol. The Kier molecular flexibility index (Phi) is 6.37. The van der Waals surface area contributed by atoms with E-state index < -0.39 is 0 Å². The van der Waals surface area contributed by atoms with Crippen LogP contribution in [0.15, 0.2) is 53.0 Å². The fraction of sp³-hybridized carbons (Fsp3) is 0.222. The first kappa shape index (κ1) is 18.0. The molecule has 2 rings (SSSR count). The molecule has 126 valence electrons. The quantitative estimate of drug-likeness (QED) is 0.796. The highest BCUT2D eigenvalue weighted by Gasteiger charge is 2.10. The Balaban J connectivity index is 1.84.